The highest BCUT2D eigenvalue weighted by Crippen LogP contribution is 2.44. The van der Waals surface area contributed by atoms with E-state index in [1.54, 1.807) is 12.1 Å². The molecule has 0 radical (unpaired) electrons. The number of rotatable bonds is 2. The fourth-order valence-corrected chi connectivity index (χ4v) is 2.03. The van der Waals surface area contributed by atoms with Crippen LogP contribution in [0.5, 0.6) is 0 Å². The molecule has 0 unspecified atom stereocenters. The molecule has 0 atom stereocenters. The molecule has 1 aliphatic rings. The van der Waals surface area contributed by atoms with E-state index in [2.05, 4.69) is 22.4 Å². The van der Waals surface area contributed by atoms with E-state index in [9.17, 15) is 0 Å². The predicted molar refractivity (Wildman–Crippen MR) is 65.6 cm³/mol. The van der Waals surface area contributed by atoms with Crippen molar-refractivity contribution >= 4 is 17.3 Å². The van der Waals surface area contributed by atoms with Crippen LogP contribution in [-0.2, 0) is 5.54 Å². The number of nitrogen functional groups attached to an aromatic ring is 1. The molecule has 0 bridgehead atoms. The number of tetrazole rings is 1. The van der Waals surface area contributed by atoms with Crippen molar-refractivity contribution in [2.45, 2.75) is 25.3 Å². The Morgan fingerprint density at radius 1 is 1.41 bits per heavy atom. The summed E-state index contributed by atoms with van der Waals surface area (Å²) in [6.07, 6.45) is 2.19. The minimum atomic E-state index is 0.0465. The van der Waals surface area contributed by atoms with Crippen LogP contribution in [0.3, 0.4) is 0 Å². The van der Waals surface area contributed by atoms with Gasteiger partial charge in [0.15, 0.2) is 5.82 Å². The van der Waals surface area contributed by atoms with E-state index in [-0.39, 0.29) is 5.54 Å². The van der Waals surface area contributed by atoms with E-state index in [0.717, 1.165) is 18.4 Å². The Kier molecular flexibility index (Phi) is 2.13. The third-order valence-corrected chi connectivity index (χ3v) is 3.44. The van der Waals surface area contributed by atoms with Crippen LogP contribution in [0, 0.1) is 0 Å². The summed E-state index contributed by atoms with van der Waals surface area (Å²) in [5, 5.41) is 12.5. The van der Waals surface area contributed by atoms with Gasteiger partial charge in [0, 0.05) is 16.3 Å². The summed E-state index contributed by atoms with van der Waals surface area (Å²) in [6.45, 7) is 2.14. The number of benzene rings is 1. The Morgan fingerprint density at radius 3 is 2.82 bits per heavy atom. The Morgan fingerprint density at radius 2 is 2.18 bits per heavy atom. The second-order valence-corrected chi connectivity index (χ2v) is 5.08. The van der Waals surface area contributed by atoms with Crippen LogP contribution >= 0.6 is 11.6 Å². The van der Waals surface area contributed by atoms with Gasteiger partial charge in [-0.1, -0.05) is 11.6 Å². The van der Waals surface area contributed by atoms with E-state index in [1.165, 1.54) is 0 Å². The van der Waals surface area contributed by atoms with Crippen molar-refractivity contribution in [3.8, 4) is 11.4 Å². The van der Waals surface area contributed by atoms with Crippen molar-refractivity contribution in [2.75, 3.05) is 5.73 Å². The Hall–Kier alpha value is -1.62. The number of nitrogens with zero attached hydrogens (tertiary/aromatic N) is 4. The van der Waals surface area contributed by atoms with Crippen molar-refractivity contribution in [3.63, 3.8) is 0 Å². The van der Waals surface area contributed by atoms with Gasteiger partial charge in [0.25, 0.3) is 0 Å². The zero-order chi connectivity index (χ0) is 12.0. The first-order valence-corrected chi connectivity index (χ1v) is 5.82. The minimum Gasteiger partial charge on any atom is -0.398 e. The van der Waals surface area contributed by atoms with Gasteiger partial charge >= 0.3 is 0 Å². The van der Waals surface area contributed by atoms with Crippen molar-refractivity contribution in [3.05, 3.63) is 23.2 Å². The van der Waals surface area contributed by atoms with E-state index in [4.69, 9.17) is 17.3 Å². The Bertz CT molecular complexity index is 573. The molecule has 17 heavy (non-hydrogen) atoms. The number of aromatic nitrogens is 4. The van der Waals surface area contributed by atoms with Gasteiger partial charge in [-0.05, 0) is 48.4 Å². The van der Waals surface area contributed by atoms with Crippen LogP contribution in [0.15, 0.2) is 18.2 Å². The summed E-state index contributed by atoms with van der Waals surface area (Å²) >= 11 is 5.88. The number of hydrogen-bond acceptors (Lipinski definition) is 4. The van der Waals surface area contributed by atoms with E-state index in [1.807, 2.05) is 10.7 Å². The smallest absolute Gasteiger partial charge is 0.184 e. The molecule has 5 nitrogen and oxygen atoms in total. The van der Waals surface area contributed by atoms with E-state index < -0.39 is 0 Å². The van der Waals surface area contributed by atoms with Crippen molar-refractivity contribution < 1.29 is 0 Å². The number of hydrogen-bond donors (Lipinski definition) is 1. The van der Waals surface area contributed by atoms with Crippen LogP contribution < -0.4 is 5.73 Å². The van der Waals surface area contributed by atoms with Gasteiger partial charge in [-0.15, -0.1) is 5.10 Å². The maximum absolute atomic E-state index is 5.95. The molecule has 0 amide bonds. The van der Waals surface area contributed by atoms with Crippen molar-refractivity contribution in [1.29, 1.82) is 0 Å². The molecule has 0 saturated heterocycles. The summed E-state index contributed by atoms with van der Waals surface area (Å²) in [5.41, 5.74) is 7.42. The first kappa shape index (κ1) is 10.5. The first-order chi connectivity index (χ1) is 8.10. The molecular formula is C11H12ClN5. The molecule has 88 valence electrons. The Labute approximate surface area is 104 Å². The van der Waals surface area contributed by atoms with Gasteiger partial charge < -0.3 is 5.73 Å². The zero-order valence-corrected chi connectivity index (χ0v) is 10.1. The average molecular weight is 250 g/mol. The molecule has 1 aromatic carbocycles. The number of nitrogens with two attached hydrogens (primary N) is 1. The maximum Gasteiger partial charge on any atom is 0.184 e. The van der Waals surface area contributed by atoms with Gasteiger partial charge in [-0.2, -0.15) is 0 Å². The lowest BCUT2D eigenvalue weighted by Gasteiger charge is -2.12. The minimum absolute atomic E-state index is 0.0465. The molecule has 0 spiro atoms. The highest BCUT2D eigenvalue weighted by atomic mass is 35.5. The van der Waals surface area contributed by atoms with Crippen molar-refractivity contribution in [1.82, 2.24) is 20.2 Å². The lowest BCUT2D eigenvalue weighted by Crippen LogP contribution is -2.16. The van der Waals surface area contributed by atoms with E-state index in [0.29, 0.717) is 16.5 Å². The lowest BCUT2D eigenvalue weighted by atomic mass is 10.1. The van der Waals surface area contributed by atoms with Crippen LogP contribution in [0.4, 0.5) is 5.69 Å². The lowest BCUT2D eigenvalue weighted by molar-refractivity contribution is 0.463. The highest BCUT2D eigenvalue weighted by Gasteiger charge is 2.42. The quantitative estimate of drug-likeness (QED) is 0.828. The average Bonchev–Trinajstić information content (AvgIpc) is 2.85. The first-order valence-electron chi connectivity index (χ1n) is 5.44. The highest BCUT2D eigenvalue weighted by molar-refractivity contribution is 6.31. The largest absolute Gasteiger partial charge is 0.398 e. The number of halogens is 1. The molecule has 0 aliphatic heterocycles. The monoisotopic (exact) mass is 249 g/mol. The third kappa shape index (κ3) is 1.67. The molecule has 1 saturated carbocycles. The summed E-state index contributed by atoms with van der Waals surface area (Å²) in [4.78, 5) is 0. The van der Waals surface area contributed by atoms with Gasteiger partial charge in [0.05, 0.1) is 5.54 Å². The van der Waals surface area contributed by atoms with Gasteiger partial charge in [-0.25, -0.2) is 4.68 Å². The molecular weight excluding hydrogens is 238 g/mol. The van der Waals surface area contributed by atoms with Crippen LogP contribution in [0.2, 0.25) is 5.02 Å². The van der Waals surface area contributed by atoms with Gasteiger partial charge in [-0.3, -0.25) is 0 Å². The van der Waals surface area contributed by atoms with Gasteiger partial charge in [0.1, 0.15) is 0 Å². The normalized spacial score (nSPS) is 17.1. The summed E-state index contributed by atoms with van der Waals surface area (Å²) in [5.74, 6) is 0.708. The standard InChI is InChI=1S/C11H12ClN5/c1-11(4-5-11)17-10(14-15-16-17)8-3-2-7(12)6-9(8)13/h2-3,6H,4-5,13H2,1H3. The molecule has 2 N–H and O–H groups in total. The fraction of sp³-hybridized carbons (Fsp3) is 0.364. The second kappa shape index (κ2) is 3.43. The third-order valence-electron chi connectivity index (χ3n) is 3.21. The summed E-state index contributed by atoms with van der Waals surface area (Å²) < 4.78 is 1.85. The molecule has 3 rings (SSSR count). The second-order valence-electron chi connectivity index (χ2n) is 4.64. The molecule has 6 heteroatoms. The summed E-state index contributed by atoms with van der Waals surface area (Å²) in [6, 6.07) is 5.36. The Balaban J connectivity index is 2.13. The van der Waals surface area contributed by atoms with Gasteiger partial charge in [0.2, 0.25) is 0 Å². The number of anilines is 1. The molecule has 2 aromatic rings. The molecule has 1 aromatic heterocycles. The van der Waals surface area contributed by atoms with Crippen LogP contribution in [-0.4, -0.2) is 20.2 Å². The summed E-state index contributed by atoms with van der Waals surface area (Å²) in [7, 11) is 0. The predicted octanol–water partition coefficient (Wildman–Crippen LogP) is 2.08. The topological polar surface area (TPSA) is 69.6 Å². The van der Waals surface area contributed by atoms with Crippen LogP contribution in [0.1, 0.15) is 19.8 Å². The molecule has 1 fully saturated rings. The van der Waals surface area contributed by atoms with E-state index >= 15 is 0 Å². The molecule has 1 heterocycles. The maximum atomic E-state index is 5.95. The zero-order valence-electron chi connectivity index (χ0n) is 9.39. The van der Waals surface area contributed by atoms with Crippen LogP contribution in [0.25, 0.3) is 11.4 Å². The molecule has 1 aliphatic carbocycles. The SMILES string of the molecule is CC1(n2nnnc2-c2ccc(Cl)cc2N)CC1. The fourth-order valence-electron chi connectivity index (χ4n) is 1.85. The van der Waals surface area contributed by atoms with Crippen molar-refractivity contribution in [2.24, 2.45) is 0 Å².